The highest BCUT2D eigenvalue weighted by atomic mass is 35.5. The highest BCUT2D eigenvalue weighted by Crippen LogP contribution is 2.31. The molecule has 1 aliphatic rings. The van der Waals surface area contributed by atoms with E-state index in [1.165, 1.54) is 6.07 Å². The van der Waals surface area contributed by atoms with Crippen molar-refractivity contribution in [3.63, 3.8) is 0 Å². The normalized spacial score (nSPS) is 17.6. The van der Waals surface area contributed by atoms with Crippen LogP contribution in [0, 0.1) is 11.7 Å². The van der Waals surface area contributed by atoms with Gasteiger partial charge in [0.1, 0.15) is 5.82 Å². The van der Waals surface area contributed by atoms with E-state index in [0.29, 0.717) is 23.4 Å². The first-order chi connectivity index (χ1) is 9.16. The van der Waals surface area contributed by atoms with E-state index in [9.17, 15) is 9.18 Å². The zero-order valence-electron chi connectivity index (χ0n) is 10.2. The van der Waals surface area contributed by atoms with E-state index in [1.54, 1.807) is 12.1 Å². The summed E-state index contributed by atoms with van der Waals surface area (Å²) in [6, 6.07) is 12.2. The summed E-state index contributed by atoms with van der Waals surface area (Å²) in [5, 5.41) is 0.392. The van der Waals surface area contributed by atoms with Crippen molar-refractivity contribution in [2.24, 2.45) is 5.92 Å². The Morgan fingerprint density at radius 3 is 2.68 bits per heavy atom. The molecule has 1 nitrogen and oxygen atoms in total. The molecule has 2 aromatic rings. The standard InChI is InChI=1S/C16H12ClFO/c17-14-6-3-7-15(18)13(14)9-11-8-10-4-1-2-5-12(10)16(11)19/h1-7,11H,8-9H2. The number of ketones is 1. The van der Waals surface area contributed by atoms with Crippen molar-refractivity contribution < 1.29 is 9.18 Å². The molecule has 1 unspecified atom stereocenters. The molecule has 0 aromatic heterocycles. The van der Waals surface area contributed by atoms with Gasteiger partial charge < -0.3 is 0 Å². The van der Waals surface area contributed by atoms with E-state index in [4.69, 9.17) is 11.6 Å². The fraction of sp³-hybridized carbons (Fsp3) is 0.188. The molecule has 0 heterocycles. The Morgan fingerprint density at radius 2 is 1.95 bits per heavy atom. The van der Waals surface area contributed by atoms with Gasteiger partial charge >= 0.3 is 0 Å². The van der Waals surface area contributed by atoms with E-state index in [2.05, 4.69) is 0 Å². The molecule has 0 saturated carbocycles. The maximum atomic E-state index is 13.8. The van der Waals surface area contributed by atoms with Crippen molar-refractivity contribution in [1.29, 1.82) is 0 Å². The van der Waals surface area contributed by atoms with Crippen LogP contribution in [0.3, 0.4) is 0 Å². The van der Waals surface area contributed by atoms with Crippen molar-refractivity contribution in [3.8, 4) is 0 Å². The van der Waals surface area contributed by atoms with Crippen LogP contribution >= 0.6 is 11.6 Å². The number of carbonyl (C=O) groups is 1. The lowest BCUT2D eigenvalue weighted by molar-refractivity contribution is 0.0936. The molecule has 0 spiro atoms. The fourth-order valence-corrected chi connectivity index (χ4v) is 2.90. The van der Waals surface area contributed by atoms with E-state index in [0.717, 1.165) is 11.1 Å². The van der Waals surface area contributed by atoms with Crippen LogP contribution in [0.1, 0.15) is 21.5 Å². The largest absolute Gasteiger partial charge is 0.294 e. The zero-order valence-corrected chi connectivity index (χ0v) is 11.0. The van der Waals surface area contributed by atoms with Crippen LogP contribution in [0.4, 0.5) is 4.39 Å². The van der Waals surface area contributed by atoms with Crippen LogP contribution < -0.4 is 0 Å². The van der Waals surface area contributed by atoms with Gasteiger partial charge in [-0.2, -0.15) is 0 Å². The smallest absolute Gasteiger partial charge is 0.166 e. The molecule has 96 valence electrons. The summed E-state index contributed by atoms with van der Waals surface area (Å²) >= 11 is 6.02. The lowest BCUT2D eigenvalue weighted by atomic mass is 9.95. The second kappa shape index (κ2) is 4.78. The molecule has 0 amide bonds. The van der Waals surface area contributed by atoms with Crippen molar-refractivity contribution in [3.05, 3.63) is 70.0 Å². The summed E-state index contributed by atoms with van der Waals surface area (Å²) in [5.74, 6) is -0.446. The van der Waals surface area contributed by atoms with Crippen molar-refractivity contribution in [2.45, 2.75) is 12.8 Å². The van der Waals surface area contributed by atoms with Gasteiger partial charge in [-0.3, -0.25) is 4.79 Å². The van der Waals surface area contributed by atoms with E-state index < -0.39 is 0 Å². The molecule has 19 heavy (non-hydrogen) atoms. The van der Waals surface area contributed by atoms with Crippen LogP contribution in [0.25, 0.3) is 0 Å². The number of carbonyl (C=O) groups excluding carboxylic acids is 1. The molecule has 3 rings (SSSR count). The minimum atomic E-state index is -0.337. The Morgan fingerprint density at radius 1 is 1.16 bits per heavy atom. The fourth-order valence-electron chi connectivity index (χ4n) is 2.66. The molecule has 0 N–H and O–H groups in total. The third kappa shape index (κ3) is 2.17. The van der Waals surface area contributed by atoms with Gasteiger partial charge in [0, 0.05) is 22.1 Å². The van der Waals surface area contributed by atoms with Crippen LogP contribution in [-0.2, 0) is 12.8 Å². The van der Waals surface area contributed by atoms with E-state index in [-0.39, 0.29) is 17.5 Å². The number of benzene rings is 2. The molecular formula is C16H12ClFO. The predicted molar refractivity (Wildman–Crippen MR) is 73.1 cm³/mol. The van der Waals surface area contributed by atoms with Gasteiger partial charge in [-0.05, 0) is 30.5 Å². The summed E-state index contributed by atoms with van der Waals surface area (Å²) < 4.78 is 13.8. The Labute approximate surface area is 116 Å². The maximum Gasteiger partial charge on any atom is 0.166 e. The number of hydrogen-bond donors (Lipinski definition) is 0. The summed E-state index contributed by atoms with van der Waals surface area (Å²) in [5.41, 5.74) is 2.25. The average Bonchev–Trinajstić information content (AvgIpc) is 2.72. The van der Waals surface area contributed by atoms with E-state index in [1.807, 2.05) is 24.3 Å². The van der Waals surface area contributed by atoms with Gasteiger partial charge in [0.25, 0.3) is 0 Å². The highest BCUT2D eigenvalue weighted by Gasteiger charge is 2.31. The second-order valence-corrected chi connectivity index (χ2v) is 5.23. The molecule has 0 saturated heterocycles. The molecule has 0 aliphatic heterocycles. The molecule has 0 bridgehead atoms. The maximum absolute atomic E-state index is 13.8. The minimum absolute atomic E-state index is 0.0925. The molecule has 0 fully saturated rings. The van der Waals surface area contributed by atoms with Crippen LogP contribution in [-0.4, -0.2) is 5.78 Å². The third-order valence-corrected chi connectivity index (χ3v) is 3.99. The number of fused-ring (bicyclic) bond motifs is 1. The predicted octanol–water partition coefficient (Wildman–Crippen LogP) is 4.08. The summed E-state index contributed by atoms with van der Waals surface area (Å²) in [6.45, 7) is 0. The van der Waals surface area contributed by atoms with E-state index >= 15 is 0 Å². The van der Waals surface area contributed by atoms with Gasteiger partial charge in [0.2, 0.25) is 0 Å². The van der Waals surface area contributed by atoms with Crippen LogP contribution in [0.15, 0.2) is 42.5 Å². The quantitative estimate of drug-likeness (QED) is 0.806. The number of Topliss-reactive ketones (excluding diaryl/α,β-unsaturated/α-hetero) is 1. The number of halogens is 2. The SMILES string of the molecule is O=C1c2ccccc2CC1Cc1c(F)cccc1Cl. The first-order valence-corrected chi connectivity index (χ1v) is 6.59. The Kier molecular flexibility index (Phi) is 3.11. The summed E-state index contributed by atoms with van der Waals surface area (Å²) in [4.78, 5) is 12.3. The van der Waals surface area contributed by atoms with Crippen LogP contribution in [0.2, 0.25) is 5.02 Å². The summed E-state index contributed by atoms with van der Waals surface area (Å²) in [6.07, 6.45) is 1.03. The average molecular weight is 275 g/mol. The molecular weight excluding hydrogens is 263 g/mol. The topological polar surface area (TPSA) is 17.1 Å². The highest BCUT2D eigenvalue weighted by molar-refractivity contribution is 6.31. The lowest BCUT2D eigenvalue weighted by Crippen LogP contribution is -2.13. The summed E-state index contributed by atoms with van der Waals surface area (Å²) in [7, 11) is 0. The van der Waals surface area contributed by atoms with Crippen molar-refractivity contribution in [2.75, 3.05) is 0 Å². The second-order valence-electron chi connectivity index (χ2n) is 4.83. The first-order valence-electron chi connectivity index (χ1n) is 6.22. The molecule has 3 heteroatoms. The lowest BCUT2D eigenvalue weighted by Gasteiger charge is -2.10. The van der Waals surface area contributed by atoms with Crippen LogP contribution in [0.5, 0.6) is 0 Å². The Balaban J connectivity index is 1.89. The number of hydrogen-bond acceptors (Lipinski definition) is 1. The van der Waals surface area contributed by atoms with Gasteiger partial charge in [-0.25, -0.2) is 4.39 Å². The Bertz CT molecular complexity index is 631. The first kappa shape index (κ1) is 12.4. The number of rotatable bonds is 2. The zero-order chi connectivity index (χ0) is 13.4. The third-order valence-electron chi connectivity index (χ3n) is 3.63. The molecule has 1 aliphatic carbocycles. The van der Waals surface area contributed by atoms with Gasteiger partial charge in [-0.1, -0.05) is 41.9 Å². The minimum Gasteiger partial charge on any atom is -0.294 e. The molecule has 1 atom stereocenters. The monoisotopic (exact) mass is 274 g/mol. The van der Waals surface area contributed by atoms with Gasteiger partial charge in [0.15, 0.2) is 5.78 Å². The molecule has 2 aromatic carbocycles. The van der Waals surface area contributed by atoms with Gasteiger partial charge in [0.05, 0.1) is 0 Å². The Hall–Kier alpha value is -1.67. The molecule has 0 radical (unpaired) electrons. The van der Waals surface area contributed by atoms with Gasteiger partial charge in [-0.15, -0.1) is 0 Å². The van der Waals surface area contributed by atoms with Crippen molar-refractivity contribution >= 4 is 17.4 Å². The van der Waals surface area contributed by atoms with Crippen molar-refractivity contribution in [1.82, 2.24) is 0 Å².